The minimum Gasteiger partial charge on any atom is -0.477 e. The monoisotopic (exact) mass is 853 g/mol. The van der Waals surface area contributed by atoms with E-state index in [0.29, 0.717) is 19.3 Å². The number of hydrogen-bond acceptors (Lipinski definition) is 6. The van der Waals surface area contributed by atoms with Crippen molar-refractivity contribution < 1.29 is 38.2 Å². The van der Waals surface area contributed by atoms with Crippen molar-refractivity contribution in [2.24, 2.45) is 0 Å². The number of nitrogens with zero attached hydrogens (tertiary/aromatic N) is 1. The lowest BCUT2D eigenvalue weighted by atomic mass is 10.1. The van der Waals surface area contributed by atoms with E-state index in [1.807, 2.05) is 21.1 Å². The lowest BCUT2D eigenvalue weighted by Gasteiger charge is -2.31. The number of ether oxygens (including phenoxy) is 3. The normalized spacial score (nSPS) is 13.7. The van der Waals surface area contributed by atoms with Gasteiger partial charge in [-0.15, -0.1) is 0 Å². The molecule has 61 heavy (non-hydrogen) atoms. The first-order valence-corrected chi connectivity index (χ1v) is 24.1. The molecule has 0 aromatic carbocycles. The first-order chi connectivity index (χ1) is 29.6. The van der Waals surface area contributed by atoms with Gasteiger partial charge >= 0.3 is 17.9 Å². The van der Waals surface area contributed by atoms with Crippen molar-refractivity contribution in [1.82, 2.24) is 0 Å². The van der Waals surface area contributed by atoms with Gasteiger partial charge in [-0.2, -0.15) is 0 Å². The molecule has 0 aliphatic rings. The molecule has 0 fully saturated rings. The Kier molecular flexibility index (Phi) is 40.7. The van der Waals surface area contributed by atoms with Crippen LogP contribution in [-0.2, 0) is 28.6 Å². The van der Waals surface area contributed by atoms with Crippen LogP contribution >= 0.6 is 0 Å². The van der Waals surface area contributed by atoms with E-state index in [9.17, 15) is 19.5 Å². The van der Waals surface area contributed by atoms with Gasteiger partial charge in [-0.1, -0.05) is 163 Å². The smallest absolute Gasteiger partial charge is 0.362 e. The molecule has 0 spiro atoms. The van der Waals surface area contributed by atoms with Crippen molar-refractivity contribution in [2.75, 3.05) is 41.0 Å². The summed E-state index contributed by atoms with van der Waals surface area (Å²) in [7, 11) is 5.51. The fraction of sp³-hybridized carbons (Fsp3) is 0.679. The number of hydrogen-bond donors (Lipinski definition) is 1. The molecule has 0 aliphatic heterocycles. The van der Waals surface area contributed by atoms with Gasteiger partial charge in [0.25, 0.3) is 0 Å². The van der Waals surface area contributed by atoms with Crippen LogP contribution in [0.25, 0.3) is 0 Å². The maximum atomic E-state index is 12.8. The number of rotatable bonds is 42. The molecular formula is C53H90NO7+. The lowest BCUT2D eigenvalue weighted by molar-refractivity contribution is -0.887. The maximum Gasteiger partial charge on any atom is 0.362 e. The average molecular weight is 853 g/mol. The number of quaternary nitrogens is 1. The highest BCUT2D eigenvalue weighted by atomic mass is 16.6. The molecule has 348 valence electrons. The SMILES string of the molecule is CC/C=C/C/C=C/C/C=C/C/C=C/C/C=C/CCCCCC(=O)OC(COCCC(C(=O)O)[N+](C)(C)C)COC(=O)CCCCCCC/C=C/C=C/CCCCCCCCC. The zero-order chi connectivity index (χ0) is 44.9. The predicted molar refractivity (Wildman–Crippen MR) is 256 cm³/mol. The highest BCUT2D eigenvalue weighted by molar-refractivity contribution is 5.72. The molecule has 0 amide bonds. The second-order valence-corrected chi connectivity index (χ2v) is 17.0. The Morgan fingerprint density at radius 3 is 1.48 bits per heavy atom. The van der Waals surface area contributed by atoms with Crippen molar-refractivity contribution in [1.29, 1.82) is 0 Å². The Morgan fingerprint density at radius 1 is 0.525 bits per heavy atom. The molecule has 0 aromatic heterocycles. The number of allylic oxidation sites excluding steroid dienone is 14. The van der Waals surface area contributed by atoms with Crippen LogP contribution in [0.5, 0.6) is 0 Å². The van der Waals surface area contributed by atoms with Gasteiger partial charge in [0.15, 0.2) is 12.1 Å². The van der Waals surface area contributed by atoms with E-state index < -0.39 is 18.1 Å². The number of carbonyl (C=O) groups excluding carboxylic acids is 2. The van der Waals surface area contributed by atoms with Crippen LogP contribution in [0, 0.1) is 0 Å². The zero-order valence-corrected chi connectivity index (χ0v) is 39.6. The van der Waals surface area contributed by atoms with Gasteiger partial charge in [-0.3, -0.25) is 9.59 Å². The van der Waals surface area contributed by atoms with E-state index in [-0.39, 0.29) is 42.7 Å². The highest BCUT2D eigenvalue weighted by Crippen LogP contribution is 2.13. The molecule has 0 radical (unpaired) electrons. The molecule has 0 aromatic rings. The van der Waals surface area contributed by atoms with Crippen molar-refractivity contribution in [2.45, 2.75) is 193 Å². The van der Waals surface area contributed by atoms with E-state index >= 15 is 0 Å². The third kappa shape index (κ3) is 41.6. The topological polar surface area (TPSA) is 99.1 Å². The quantitative estimate of drug-likeness (QED) is 0.0215. The molecule has 0 saturated carbocycles. The number of unbranched alkanes of at least 4 members (excludes halogenated alkanes) is 15. The van der Waals surface area contributed by atoms with Crippen molar-refractivity contribution >= 4 is 17.9 Å². The summed E-state index contributed by atoms with van der Waals surface area (Å²) in [5, 5.41) is 9.64. The van der Waals surface area contributed by atoms with Crippen LogP contribution in [0.2, 0.25) is 0 Å². The molecule has 0 saturated heterocycles. The van der Waals surface area contributed by atoms with Gasteiger partial charge in [-0.25, -0.2) is 4.79 Å². The Labute approximate surface area is 373 Å². The fourth-order valence-electron chi connectivity index (χ4n) is 6.58. The van der Waals surface area contributed by atoms with Crippen LogP contribution in [0.3, 0.4) is 0 Å². The second-order valence-electron chi connectivity index (χ2n) is 17.0. The number of carbonyl (C=O) groups is 3. The summed E-state index contributed by atoms with van der Waals surface area (Å²) < 4.78 is 17.3. The average Bonchev–Trinajstić information content (AvgIpc) is 3.22. The Balaban J connectivity index is 4.41. The molecule has 8 heteroatoms. The standard InChI is InChI=1S/C53H89NO7/c1-6-8-10-12-14-16-18-20-22-24-26-28-30-32-34-36-38-40-42-44-52(56)61-49(47-59-46-45-50(53(57)58)54(3,4)5)48-60-51(55)43-41-39-37-35-33-31-29-27-25-23-21-19-17-15-13-11-9-7-2/h8,10,14,16,20,22-23,25-29,32,34,49-50H,6-7,9,11-13,15,17-19,21,24,30-31,33,35-48H2,1-5H3/p+1/b10-8+,16-14+,22-20+,25-23+,28-26+,29-27+,34-32+. The predicted octanol–water partition coefficient (Wildman–Crippen LogP) is 13.7. The Morgan fingerprint density at radius 2 is 0.967 bits per heavy atom. The second kappa shape index (κ2) is 43.2. The largest absolute Gasteiger partial charge is 0.477 e. The zero-order valence-electron chi connectivity index (χ0n) is 39.6. The molecular weight excluding hydrogens is 763 g/mol. The van der Waals surface area contributed by atoms with Gasteiger partial charge in [0.1, 0.15) is 6.61 Å². The van der Waals surface area contributed by atoms with Crippen molar-refractivity contribution in [3.63, 3.8) is 0 Å². The summed E-state index contributed by atoms with van der Waals surface area (Å²) >= 11 is 0. The summed E-state index contributed by atoms with van der Waals surface area (Å²) in [6, 6.07) is -0.628. The molecule has 0 rings (SSSR count). The molecule has 2 atom stereocenters. The maximum absolute atomic E-state index is 12.8. The molecule has 8 nitrogen and oxygen atoms in total. The van der Waals surface area contributed by atoms with Crippen LogP contribution in [-0.4, -0.2) is 80.6 Å². The van der Waals surface area contributed by atoms with Crippen molar-refractivity contribution in [3.8, 4) is 0 Å². The van der Waals surface area contributed by atoms with Gasteiger partial charge in [0.05, 0.1) is 34.4 Å². The van der Waals surface area contributed by atoms with Crippen LogP contribution < -0.4 is 0 Å². The number of carboxylic acid groups (broad SMARTS) is 1. The Hall–Kier alpha value is -3.49. The fourth-order valence-corrected chi connectivity index (χ4v) is 6.58. The summed E-state index contributed by atoms with van der Waals surface area (Å²) in [6.07, 6.45) is 56.3. The summed E-state index contributed by atoms with van der Waals surface area (Å²) in [4.78, 5) is 37.1. The van der Waals surface area contributed by atoms with Gasteiger partial charge < -0.3 is 23.8 Å². The molecule has 0 heterocycles. The van der Waals surface area contributed by atoms with E-state index in [4.69, 9.17) is 14.2 Å². The summed E-state index contributed by atoms with van der Waals surface area (Å²) in [5.74, 6) is -1.54. The first kappa shape index (κ1) is 57.5. The van der Waals surface area contributed by atoms with Crippen molar-refractivity contribution in [3.05, 3.63) is 85.1 Å². The number of likely N-dealkylation sites (N-methyl/N-ethyl adjacent to an activating group) is 1. The van der Waals surface area contributed by atoms with Gasteiger partial charge in [0.2, 0.25) is 0 Å². The van der Waals surface area contributed by atoms with Crippen LogP contribution in [0.1, 0.15) is 181 Å². The molecule has 1 N–H and O–H groups in total. The third-order valence-corrected chi connectivity index (χ3v) is 10.3. The molecule has 0 bridgehead atoms. The number of aliphatic carboxylic acids is 1. The minimum atomic E-state index is -0.886. The van der Waals surface area contributed by atoms with E-state index in [1.165, 1.54) is 51.4 Å². The lowest BCUT2D eigenvalue weighted by Crippen LogP contribution is -2.50. The summed E-state index contributed by atoms with van der Waals surface area (Å²) in [6.45, 7) is 4.56. The van der Waals surface area contributed by atoms with Crippen LogP contribution in [0.4, 0.5) is 0 Å². The van der Waals surface area contributed by atoms with E-state index in [0.717, 1.165) is 89.9 Å². The molecule has 0 aliphatic carbocycles. The first-order valence-electron chi connectivity index (χ1n) is 24.1. The summed E-state index contributed by atoms with van der Waals surface area (Å²) in [5.41, 5.74) is 0. The van der Waals surface area contributed by atoms with E-state index in [2.05, 4.69) is 98.9 Å². The number of esters is 2. The number of carboxylic acids is 1. The molecule has 2 unspecified atom stereocenters. The van der Waals surface area contributed by atoms with Gasteiger partial charge in [0, 0.05) is 19.3 Å². The van der Waals surface area contributed by atoms with Gasteiger partial charge in [-0.05, 0) is 83.5 Å². The van der Waals surface area contributed by atoms with E-state index in [1.54, 1.807) is 0 Å². The van der Waals surface area contributed by atoms with Crippen LogP contribution in [0.15, 0.2) is 85.1 Å². The Bertz CT molecular complexity index is 1270. The third-order valence-electron chi connectivity index (χ3n) is 10.3. The minimum absolute atomic E-state index is 0.0377. The highest BCUT2D eigenvalue weighted by Gasteiger charge is 2.31.